The summed E-state index contributed by atoms with van der Waals surface area (Å²) in [6, 6.07) is 1.07. The van der Waals surface area contributed by atoms with Crippen molar-refractivity contribution in [2.24, 2.45) is 10.3 Å². The minimum Gasteiger partial charge on any atom is -0.486 e. The number of hydrogen-bond acceptors (Lipinski definition) is 6. The molecule has 18 heavy (non-hydrogen) atoms. The van der Waals surface area contributed by atoms with E-state index in [1.807, 2.05) is 0 Å². The molecule has 0 atom stereocenters. The standard InChI is InChI=1S/C8H11N3O5S2/c9-17(12,13)6-3-4-11-8(18(10,14)15)7(6)16-5-1-2-5/h3-5H,1-2H2,(H2,9,12,13)(H2,10,14,15). The van der Waals surface area contributed by atoms with E-state index in [0.717, 1.165) is 12.3 Å². The van der Waals surface area contributed by atoms with Crippen LogP contribution in [0, 0.1) is 0 Å². The molecule has 1 fully saturated rings. The summed E-state index contributed by atoms with van der Waals surface area (Å²) in [6.07, 6.45) is 2.20. The molecule has 8 nitrogen and oxygen atoms in total. The molecule has 1 saturated carbocycles. The Morgan fingerprint density at radius 1 is 1.17 bits per heavy atom. The quantitative estimate of drug-likeness (QED) is 0.722. The smallest absolute Gasteiger partial charge is 0.259 e. The van der Waals surface area contributed by atoms with Crippen molar-refractivity contribution in [3.05, 3.63) is 12.3 Å². The summed E-state index contributed by atoms with van der Waals surface area (Å²) in [4.78, 5) is 3.11. The van der Waals surface area contributed by atoms with Crippen LogP contribution in [-0.4, -0.2) is 27.9 Å². The zero-order valence-electron chi connectivity index (χ0n) is 9.11. The fourth-order valence-corrected chi connectivity index (χ4v) is 2.64. The van der Waals surface area contributed by atoms with Crippen LogP contribution in [0.15, 0.2) is 22.2 Å². The van der Waals surface area contributed by atoms with Crippen molar-refractivity contribution >= 4 is 20.0 Å². The number of nitrogens with two attached hydrogens (primary N) is 2. The third kappa shape index (κ3) is 2.77. The second-order valence-corrected chi connectivity index (χ2v) is 6.86. The van der Waals surface area contributed by atoms with E-state index < -0.39 is 35.7 Å². The maximum atomic E-state index is 11.4. The average molecular weight is 293 g/mol. The molecule has 10 heteroatoms. The first-order chi connectivity index (χ1) is 8.19. The fraction of sp³-hybridized carbons (Fsp3) is 0.375. The van der Waals surface area contributed by atoms with Crippen LogP contribution in [0.5, 0.6) is 5.75 Å². The molecule has 0 amide bonds. The minimum atomic E-state index is -4.19. The van der Waals surface area contributed by atoms with Gasteiger partial charge >= 0.3 is 0 Å². The number of nitrogens with zero attached hydrogens (tertiary/aromatic N) is 1. The number of ether oxygens (including phenoxy) is 1. The van der Waals surface area contributed by atoms with Crippen LogP contribution >= 0.6 is 0 Å². The van der Waals surface area contributed by atoms with Gasteiger partial charge in [-0.05, 0) is 18.9 Å². The van der Waals surface area contributed by atoms with E-state index in [0.29, 0.717) is 12.8 Å². The Balaban J connectivity index is 2.67. The minimum absolute atomic E-state index is 0.227. The van der Waals surface area contributed by atoms with Crippen LogP contribution in [0.25, 0.3) is 0 Å². The van der Waals surface area contributed by atoms with Gasteiger partial charge in [0, 0.05) is 6.20 Å². The summed E-state index contributed by atoms with van der Waals surface area (Å²) in [7, 11) is -8.31. The highest BCUT2D eigenvalue weighted by molar-refractivity contribution is 7.90. The molecule has 0 saturated heterocycles. The molecule has 100 valence electrons. The molecule has 1 aliphatic carbocycles. The van der Waals surface area contributed by atoms with E-state index in [9.17, 15) is 16.8 Å². The maximum absolute atomic E-state index is 11.4. The predicted molar refractivity (Wildman–Crippen MR) is 60.6 cm³/mol. The van der Waals surface area contributed by atoms with Gasteiger partial charge in [0.15, 0.2) is 5.75 Å². The Morgan fingerprint density at radius 2 is 1.78 bits per heavy atom. The summed E-state index contributed by atoms with van der Waals surface area (Å²) < 4.78 is 50.7. The number of primary sulfonamides is 2. The molecule has 0 bridgehead atoms. The number of pyridine rings is 1. The molecule has 4 N–H and O–H groups in total. The SMILES string of the molecule is NS(=O)(=O)c1ccnc(S(N)(=O)=O)c1OC1CC1. The Morgan fingerprint density at radius 3 is 2.22 bits per heavy atom. The van der Waals surface area contributed by atoms with E-state index in [1.165, 1.54) is 0 Å². The van der Waals surface area contributed by atoms with Gasteiger partial charge in [0.1, 0.15) is 4.90 Å². The maximum Gasteiger partial charge on any atom is 0.259 e. The van der Waals surface area contributed by atoms with E-state index in [1.54, 1.807) is 0 Å². The molecule has 0 spiro atoms. The molecule has 0 aliphatic heterocycles. The van der Waals surface area contributed by atoms with Gasteiger partial charge in [0.05, 0.1) is 6.10 Å². The lowest BCUT2D eigenvalue weighted by molar-refractivity contribution is 0.283. The van der Waals surface area contributed by atoms with Gasteiger partial charge in [-0.3, -0.25) is 0 Å². The average Bonchev–Trinajstić information content (AvgIpc) is 2.98. The molecule has 1 aromatic heterocycles. The van der Waals surface area contributed by atoms with E-state index >= 15 is 0 Å². The van der Waals surface area contributed by atoms with Gasteiger partial charge in [0.25, 0.3) is 10.0 Å². The highest BCUT2D eigenvalue weighted by Crippen LogP contribution is 2.34. The summed E-state index contributed by atoms with van der Waals surface area (Å²) in [6.45, 7) is 0. The molecule has 1 aromatic rings. The lowest BCUT2D eigenvalue weighted by Gasteiger charge is -2.11. The van der Waals surface area contributed by atoms with Crippen LogP contribution in [0.4, 0.5) is 0 Å². The third-order valence-corrected chi connectivity index (χ3v) is 3.98. The summed E-state index contributed by atoms with van der Waals surface area (Å²) in [5.74, 6) is -0.398. The molecule has 1 aliphatic rings. The van der Waals surface area contributed by atoms with Crippen molar-refractivity contribution in [2.75, 3.05) is 0 Å². The fourth-order valence-electron chi connectivity index (χ4n) is 1.30. The van der Waals surface area contributed by atoms with Crippen molar-refractivity contribution < 1.29 is 21.6 Å². The monoisotopic (exact) mass is 293 g/mol. The van der Waals surface area contributed by atoms with Crippen molar-refractivity contribution in [3.63, 3.8) is 0 Å². The molecular weight excluding hydrogens is 282 g/mol. The van der Waals surface area contributed by atoms with E-state index in [2.05, 4.69) is 4.98 Å². The van der Waals surface area contributed by atoms with Gasteiger partial charge < -0.3 is 4.74 Å². The van der Waals surface area contributed by atoms with Gasteiger partial charge in [-0.15, -0.1) is 0 Å². The Kier molecular flexibility index (Phi) is 3.05. The molecule has 0 unspecified atom stereocenters. The first-order valence-electron chi connectivity index (χ1n) is 4.91. The number of aromatic nitrogens is 1. The largest absolute Gasteiger partial charge is 0.486 e. The van der Waals surface area contributed by atoms with E-state index in [-0.39, 0.29) is 6.10 Å². The van der Waals surface area contributed by atoms with Crippen LogP contribution in [0.1, 0.15) is 12.8 Å². The normalized spacial score (nSPS) is 16.6. The van der Waals surface area contributed by atoms with Crippen molar-refractivity contribution in [3.8, 4) is 5.75 Å². The third-order valence-electron chi connectivity index (χ3n) is 2.22. The van der Waals surface area contributed by atoms with Crippen molar-refractivity contribution in [2.45, 2.75) is 28.9 Å². The summed E-state index contributed by atoms with van der Waals surface area (Å²) in [5.41, 5.74) is 0. The topological polar surface area (TPSA) is 142 Å². The lowest BCUT2D eigenvalue weighted by atomic mass is 10.4. The van der Waals surface area contributed by atoms with Crippen LogP contribution < -0.4 is 15.0 Å². The lowest BCUT2D eigenvalue weighted by Crippen LogP contribution is -2.20. The number of hydrogen-bond donors (Lipinski definition) is 2. The summed E-state index contributed by atoms with van der Waals surface area (Å²) >= 11 is 0. The molecule has 1 heterocycles. The van der Waals surface area contributed by atoms with Crippen LogP contribution in [0.2, 0.25) is 0 Å². The Labute approximate surface area is 104 Å². The molecule has 2 rings (SSSR count). The number of sulfonamides is 2. The van der Waals surface area contributed by atoms with Crippen molar-refractivity contribution in [1.29, 1.82) is 0 Å². The second-order valence-electron chi connectivity index (χ2n) is 3.85. The van der Waals surface area contributed by atoms with Crippen LogP contribution in [0.3, 0.4) is 0 Å². The zero-order chi connectivity index (χ0) is 13.6. The highest BCUT2D eigenvalue weighted by atomic mass is 32.2. The highest BCUT2D eigenvalue weighted by Gasteiger charge is 2.31. The number of rotatable bonds is 4. The van der Waals surface area contributed by atoms with Gasteiger partial charge in [0.2, 0.25) is 15.0 Å². The first-order valence-corrected chi connectivity index (χ1v) is 8.00. The Hall–Kier alpha value is -1.23. The first kappa shape index (κ1) is 13.2. The van der Waals surface area contributed by atoms with Gasteiger partial charge in [-0.25, -0.2) is 32.1 Å². The van der Waals surface area contributed by atoms with Crippen molar-refractivity contribution in [1.82, 2.24) is 4.98 Å². The summed E-state index contributed by atoms with van der Waals surface area (Å²) in [5, 5.41) is 9.33. The predicted octanol–water partition coefficient (Wildman–Crippen LogP) is -1.08. The second kappa shape index (κ2) is 4.16. The van der Waals surface area contributed by atoms with E-state index in [4.69, 9.17) is 15.0 Å². The molecular formula is C8H11N3O5S2. The molecule has 0 radical (unpaired) electrons. The Bertz CT molecular complexity index is 628. The van der Waals surface area contributed by atoms with Crippen LogP contribution in [-0.2, 0) is 20.0 Å². The zero-order valence-corrected chi connectivity index (χ0v) is 10.7. The van der Waals surface area contributed by atoms with Gasteiger partial charge in [-0.2, -0.15) is 0 Å². The molecule has 0 aromatic carbocycles. The van der Waals surface area contributed by atoms with Gasteiger partial charge in [-0.1, -0.05) is 0 Å².